The summed E-state index contributed by atoms with van der Waals surface area (Å²) < 4.78 is 24.2. The topological polar surface area (TPSA) is 84.9 Å². The number of rotatable bonds is 4. The first kappa shape index (κ1) is 18.1. The Morgan fingerprint density at radius 3 is 2.79 bits per heavy atom. The summed E-state index contributed by atoms with van der Waals surface area (Å²) in [7, 11) is 0. The van der Waals surface area contributed by atoms with Crippen LogP contribution >= 0.6 is 11.8 Å². The molecule has 2 heterocycles. The number of carbonyl (C=O) groups excluding carboxylic acids is 3. The molecule has 2 aromatic rings. The summed E-state index contributed by atoms with van der Waals surface area (Å²) in [5.41, 5.74) is 0.640. The number of benzene rings is 2. The molecule has 3 amide bonds. The molecule has 2 aliphatic rings. The van der Waals surface area contributed by atoms with Gasteiger partial charge in [0.15, 0.2) is 11.5 Å². The van der Waals surface area contributed by atoms with E-state index in [0.717, 1.165) is 4.90 Å². The number of carbonyl (C=O) groups is 3. The number of nitrogens with one attached hydrogen (secondary N) is 1. The van der Waals surface area contributed by atoms with Crippen LogP contribution in [0.25, 0.3) is 6.08 Å². The predicted molar refractivity (Wildman–Crippen MR) is 100 cm³/mol. The van der Waals surface area contributed by atoms with Crippen LogP contribution in [0, 0.1) is 5.82 Å². The summed E-state index contributed by atoms with van der Waals surface area (Å²) in [6.07, 6.45) is 1.30. The minimum absolute atomic E-state index is 0.0611. The highest BCUT2D eigenvalue weighted by Gasteiger charge is 2.36. The van der Waals surface area contributed by atoms with Gasteiger partial charge in [-0.05, 0) is 36.0 Å². The fraction of sp³-hybridized carbons (Fsp3) is 0.105. The number of amides is 3. The molecule has 0 bridgehead atoms. The summed E-state index contributed by atoms with van der Waals surface area (Å²) in [6, 6.07) is 10.8. The lowest BCUT2D eigenvalue weighted by molar-refractivity contribution is -0.127. The zero-order valence-electron chi connectivity index (χ0n) is 14.3. The first-order chi connectivity index (χ1) is 13.5. The van der Waals surface area contributed by atoms with E-state index >= 15 is 0 Å². The highest BCUT2D eigenvalue weighted by atomic mass is 32.2. The molecule has 4 rings (SSSR count). The van der Waals surface area contributed by atoms with E-state index in [-0.39, 0.29) is 17.3 Å². The summed E-state index contributed by atoms with van der Waals surface area (Å²) >= 11 is 0.665. The van der Waals surface area contributed by atoms with Crippen molar-refractivity contribution in [3.8, 4) is 11.5 Å². The fourth-order valence-electron chi connectivity index (χ4n) is 2.69. The van der Waals surface area contributed by atoms with Gasteiger partial charge in [0, 0.05) is 17.3 Å². The average Bonchev–Trinajstić information content (AvgIpc) is 3.23. The van der Waals surface area contributed by atoms with E-state index in [4.69, 9.17) is 9.47 Å². The molecule has 2 aromatic carbocycles. The van der Waals surface area contributed by atoms with Gasteiger partial charge in [0.25, 0.3) is 11.1 Å². The van der Waals surface area contributed by atoms with Gasteiger partial charge in [0.05, 0.1) is 4.91 Å². The van der Waals surface area contributed by atoms with Gasteiger partial charge >= 0.3 is 0 Å². The molecular weight excluding hydrogens is 387 g/mol. The molecule has 7 nitrogen and oxygen atoms in total. The molecule has 1 saturated heterocycles. The van der Waals surface area contributed by atoms with Crippen LogP contribution < -0.4 is 14.8 Å². The molecule has 2 aliphatic heterocycles. The molecule has 0 saturated carbocycles. The van der Waals surface area contributed by atoms with Crippen LogP contribution in [0.3, 0.4) is 0 Å². The number of halogens is 1. The Kier molecular flexibility index (Phi) is 4.74. The van der Waals surface area contributed by atoms with Crippen molar-refractivity contribution in [2.75, 3.05) is 18.7 Å². The molecule has 142 valence electrons. The molecular formula is C19H13FN2O5S. The van der Waals surface area contributed by atoms with E-state index in [9.17, 15) is 18.8 Å². The Labute approximate surface area is 163 Å². The van der Waals surface area contributed by atoms with Gasteiger partial charge in [-0.1, -0.05) is 18.2 Å². The van der Waals surface area contributed by atoms with E-state index in [1.807, 2.05) is 0 Å². The van der Waals surface area contributed by atoms with Gasteiger partial charge in [0.1, 0.15) is 12.4 Å². The Balaban J connectivity index is 1.44. The first-order valence-electron chi connectivity index (χ1n) is 8.20. The first-order valence-corrected chi connectivity index (χ1v) is 9.02. The normalized spacial score (nSPS) is 16.8. The van der Waals surface area contributed by atoms with Gasteiger partial charge < -0.3 is 14.8 Å². The van der Waals surface area contributed by atoms with Crippen LogP contribution in [0.5, 0.6) is 11.5 Å². The molecule has 1 fully saturated rings. The number of hydrogen-bond acceptors (Lipinski definition) is 6. The maximum absolute atomic E-state index is 13.8. The summed E-state index contributed by atoms with van der Waals surface area (Å²) in [5, 5.41) is 2.01. The number of ether oxygens (including phenoxy) is 2. The van der Waals surface area contributed by atoms with Crippen molar-refractivity contribution in [1.29, 1.82) is 0 Å². The second-order valence-corrected chi connectivity index (χ2v) is 6.90. The van der Waals surface area contributed by atoms with E-state index in [0.29, 0.717) is 28.9 Å². The standard InChI is InChI=1S/C19H13FN2O5S/c20-13-4-2-1-3-11(13)7-16-18(24)22(19(25)28-16)9-17(23)21-12-5-6-14-15(8-12)27-10-26-14/h1-8H,9-10H2,(H,21,23)/b16-7-. The van der Waals surface area contributed by atoms with E-state index in [1.165, 1.54) is 24.3 Å². The van der Waals surface area contributed by atoms with Gasteiger partial charge in [-0.2, -0.15) is 0 Å². The zero-order chi connectivity index (χ0) is 19.7. The Morgan fingerprint density at radius 1 is 1.18 bits per heavy atom. The monoisotopic (exact) mass is 400 g/mol. The smallest absolute Gasteiger partial charge is 0.294 e. The van der Waals surface area contributed by atoms with Gasteiger partial charge in [-0.3, -0.25) is 19.3 Å². The lowest BCUT2D eigenvalue weighted by Gasteiger charge is -2.12. The highest BCUT2D eigenvalue weighted by Crippen LogP contribution is 2.35. The molecule has 0 aliphatic carbocycles. The Hall–Kier alpha value is -3.33. The van der Waals surface area contributed by atoms with Crippen LogP contribution in [0.2, 0.25) is 0 Å². The van der Waals surface area contributed by atoms with E-state index in [2.05, 4.69) is 5.32 Å². The second-order valence-electron chi connectivity index (χ2n) is 5.91. The van der Waals surface area contributed by atoms with Crippen molar-refractivity contribution < 1.29 is 28.2 Å². The highest BCUT2D eigenvalue weighted by molar-refractivity contribution is 8.18. The third kappa shape index (κ3) is 3.56. The van der Waals surface area contributed by atoms with Gasteiger partial charge in [-0.25, -0.2) is 4.39 Å². The van der Waals surface area contributed by atoms with Crippen molar-refractivity contribution in [3.05, 3.63) is 58.8 Å². The van der Waals surface area contributed by atoms with Crippen LogP contribution in [-0.2, 0) is 9.59 Å². The number of nitrogens with zero attached hydrogens (tertiary/aromatic N) is 1. The SMILES string of the molecule is O=C(CN1C(=O)S/C(=C\c2ccccc2F)C1=O)Nc1ccc2c(c1)OCO2. The van der Waals surface area contributed by atoms with Crippen LogP contribution in [0.15, 0.2) is 47.4 Å². The van der Waals surface area contributed by atoms with Crippen molar-refractivity contribution in [2.45, 2.75) is 0 Å². The third-order valence-corrected chi connectivity index (χ3v) is 4.93. The van der Waals surface area contributed by atoms with Crippen LogP contribution in [0.4, 0.5) is 14.9 Å². The molecule has 0 radical (unpaired) electrons. The molecule has 28 heavy (non-hydrogen) atoms. The van der Waals surface area contributed by atoms with Gasteiger partial charge in [0.2, 0.25) is 12.7 Å². The average molecular weight is 400 g/mol. The lowest BCUT2D eigenvalue weighted by atomic mass is 10.2. The molecule has 1 N–H and O–H groups in total. The van der Waals surface area contributed by atoms with Gasteiger partial charge in [-0.15, -0.1) is 0 Å². The molecule has 0 spiro atoms. The molecule has 0 aromatic heterocycles. The van der Waals surface area contributed by atoms with E-state index in [1.54, 1.807) is 24.3 Å². The number of hydrogen-bond donors (Lipinski definition) is 1. The maximum Gasteiger partial charge on any atom is 0.294 e. The van der Waals surface area contributed by atoms with Crippen LogP contribution in [0.1, 0.15) is 5.56 Å². The second kappa shape index (κ2) is 7.35. The summed E-state index contributed by atoms with van der Waals surface area (Å²) in [4.78, 5) is 37.7. The van der Waals surface area contributed by atoms with Crippen molar-refractivity contribution in [2.24, 2.45) is 0 Å². The Bertz CT molecular complexity index is 1020. The van der Waals surface area contributed by atoms with Crippen LogP contribution in [-0.4, -0.2) is 35.3 Å². The summed E-state index contributed by atoms with van der Waals surface area (Å²) in [6.45, 7) is -0.342. The number of fused-ring (bicyclic) bond motifs is 1. The molecule has 9 heteroatoms. The van der Waals surface area contributed by atoms with Crippen molar-refractivity contribution in [3.63, 3.8) is 0 Å². The number of anilines is 1. The number of imide groups is 1. The quantitative estimate of drug-likeness (QED) is 0.794. The lowest BCUT2D eigenvalue weighted by Crippen LogP contribution is -2.36. The fourth-order valence-corrected chi connectivity index (χ4v) is 3.52. The molecule has 0 unspecified atom stereocenters. The van der Waals surface area contributed by atoms with Crippen molar-refractivity contribution >= 4 is 40.6 Å². The molecule has 0 atom stereocenters. The maximum atomic E-state index is 13.8. The minimum Gasteiger partial charge on any atom is -0.454 e. The van der Waals surface area contributed by atoms with Crippen molar-refractivity contribution in [1.82, 2.24) is 4.90 Å². The largest absolute Gasteiger partial charge is 0.454 e. The number of thioether (sulfide) groups is 1. The van der Waals surface area contributed by atoms with E-state index < -0.39 is 29.4 Å². The third-order valence-electron chi connectivity index (χ3n) is 4.02. The minimum atomic E-state index is -0.640. The summed E-state index contributed by atoms with van der Waals surface area (Å²) in [5.74, 6) is -0.624. The zero-order valence-corrected chi connectivity index (χ0v) is 15.1. The predicted octanol–water partition coefficient (Wildman–Crippen LogP) is 3.23. The Morgan fingerprint density at radius 2 is 1.96 bits per heavy atom.